The third kappa shape index (κ3) is 3.20. The Balaban J connectivity index is 2.76. The number of aliphatic hydroxyl groups is 1. The van der Waals surface area contributed by atoms with Crippen LogP contribution in [0.3, 0.4) is 0 Å². The predicted molar refractivity (Wildman–Crippen MR) is 65.7 cm³/mol. The predicted octanol–water partition coefficient (Wildman–Crippen LogP) is 3.70. The summed E-state index contributed by atoms with van der Waals surface area (Å²) in [4.78, 5) is 0. The fourth-order valence-corrected chi connectivity index (χ4v) is 2.36. The van der Waals surface area contributed by atoms with Gasteiger partial charge in [-0.1, -0.05) is 44.6 Å². The van der Waals surface area contributed by atoms with E-state index in [2.05, 4.69) is 32.9 Å². The van der Waals surface area contributed by atoms with Gasteiger partial charge in [-0.25, -0.2) is 0 Å². The van der Waals surface area contributed by atoms with E-state index in [1.807, 2.05) is 13.0 Å². The largest absolute Gasteiger partial charge is 0.389 e. The van der Waals surface area contributed by atoms with Crippen LogP contribution in [0, 0.1) is 11.3 Å². The summed E-state index contributed by atoms with van der Waals surface area (Å²) < 4.78 is 0. The van der Waals surface area contributed by atoms with Crippen molar-refractivity contribution in [1.82, 2.24) is 0 Å². The molecule has 0 heterocycles. The number of hydrogen-bond acceptors (Lipinski definition) is 1. The highest BCUT2D eigenvalue weighted by Gasteiger charge is 2.30. The van der Waals surface area contributed by atoms with Crippen LogP contribution in [0.5, 0.6) is 0 Å². The number of aliphatic hydroxyl groups excluding tert-OH is 1. The third-order valence-electron chi connectivity index (χ3n) is 3.53. The first-order valence-electron chi connectivity index (χ1n) is 6.00. The average Bonchev–Trinajstić information content (AvgIpc) is 2.15. The Labute approximate surface area is 93.9 Å². The standard InChI is InChI=1S/C14H24O/c1-5-12(15)8-9-13-11(2)7-6-10-14(13,3)4/h7-9,12-13,15H,5-6,10H2,1-4H3. The zero-order valence-electron chi connectivity index (χ0n) is 10.5. The zero-order chi connectivity index (χ0) is 11.5. The molecule has 2 atom stereocenters. The fourth-order valence-electron chi connectivity index (χ4n) is 2.36. The van der Waals surface area contributed by atoms with Gasteiger partial charge >= 0.3 is 0 Å². The molecule has 0 saturated carbocycles. The minimum Gasteiger partial charge on any atom is -0.389 e. The van der Waals surface area contributed by atoms with E-state index in [1.54, 1.807) is 0 Å². The van der Waals surface area contributed by atoms with Gasteiger partial charge in [-0.3, -0.25) is 0 Å². The van der Waals surface area contributed by atoms with Crippen LogP contribution in [0.2, 0.25) is 0 Å². The van der Waals surface area contributed by atoms with Crippen molar-refractivity contribution in [3.05, 3.63) is 23.8 Å². The molecule has 0 bridgehead atoms. The van der Waals surface area contributed by atoms with Crippen molar-refractivity contribution in [3.63, 3.8) is 0 Å². The van der Waals surface area contributed by atoms with Crippen molar-refractivity contribution in [2.75, 3.05) is 0 Å². The fraction of sp³-hybridized carbons (Fsp3) is 0.714. The summed E-state index contributed by atoms with van der Waals surface area (Å²) in [5, 5.41) is 9.54. The molecule has 2 unspecified atom stereocenters. The van der Waals surface area contributed by atoms with Crippen LogP contribution in [0.4, 0.5) is 0 Å². The molecule has 15 heavy (non-hydrogen) atoms. The van der Waals surface area contributed by atoms with Gasteiger partial charge in [0, 0.05) is 5.92 Å². The molecule has 0 amide bonds. The smallest absolute Gasteiger partial charge is 0.0718 e. The van der Waals surface area contributed by atoms with E-state index in [4.69, 9.17) is 0 Å². The first-order chi connectivity index (χ1) is 6.97. The molecule has 0 saturated heterocycles. The Kier molecular flexibility index (Phi) is 4.15. The summed E-state index contributed by atoms with van der Waals surface area (Å²) in [6, 6.07) is 0. The van der Waals surface area contributed by atoms with Crippen molar-refractivity contribution in [2.24, 2.45) is 11.3 Å². The molecule has 0 fully saturated rings. The van der Waals surface area contributed by atoms with E-state index in [-0.39, 0.29) is 6.10 Å². The molecule has 1 rings (SSSR count). The summed E-state index contributed by atoms with van der Waals surface area (Å²) in [6.45, 7) is 8.84. The van der Waals surface area contributed by atoms with E-state index in [1.165, 1.54) is 18.4 Å². The van der Waals surface area contributed by atoms with Crippen LogP contribution in [0.1, 0.15) is 47.0 Å². The number of allylic oxidation sites excluding steroid dienone is 3. The molecule has 86 valence electrons. The van der Waals surface area contributed by atoms with Gasteiger partial charge in [0.1, 0.15) is 0 Å². The van der Waals surface area contributed by atoms with Crippen molar-refractivity contribution >= 4 is 0 Å². The van der Waals surface area contributed by atoms with Crippen LogP contribution in [0.25, 0.3) is 0 Å². The van der Waals surface area contributed by atoms with E-state index in [0.717, 1.165) is 6.42 Å². The second-order valence-electron chi connectivity index (χ2n) is 5.31. The van der Waals surface area contributed by atoms with Gasteiger partial charge in [-0.05, 0) is 31.6 Å². The molecule has 0 aliphatic heterocycles. The lowest BCUT2D eigenvalue weighted by atomic mass is 9.68. The highest BCUT2D eigenvalue weighted by Crippen LogP contribution is 2.41. The second kappa shape index (κ2) is 4.98. The summed E-state index contributed by atoms with van der Waals surface area (Å²) in [7, 11) is 0. The molecule has 0 aromatic carbocycles. The minimum absolute atomic E-state index is 0.282. The lowest BCUT2D eigenvalue weighted by molar-refractivity contribution is 0.214. The normalized spacial score (nSPS) is 27.8. The van der Waals surface area contributed by atoms with Crippen LogP contribution in [-0.2, 0) is 0 Å². The summed E-state index contributed by atoms with van der Waals surface area (Å²) in [6.07, 6.45) is 9.43. The molecule has 1 heteroatoms. The Hall–Kier alpha value is -0.560. The Morgan fingerprint density at radius 3 is 2.80 bits per heavy atom. The molecule has 1 N–H and O–H groups in total. The van der Waals surface area contributed by atoms with E-state index in [9.17, 15) is 5.11 Å². The monoisotopic (exact) mass is 208 g/mol. The molecular weight excluding hydrogens is 184 g/mol. The van der Waals surface area contributed by atoms with Gasteiger partial charge in [0.2, 0.25) is 0 Å². The van der Waals surface area contributed by atoms with Crippen molar-refractivity contribution in [3.8, 4) is 0 Å². The maximum atomic E-state index is 9.54. The van der Waals surface area contributed by atoms with Crippen molar-refractivity contribution in [2.45, 2.75) is 53.1 Å². The van der Waals surface area contributed by atoms with Gasteiger partial charge in [0.05, 0.1) is 6.10 Å². The zero-order valence-corrected chi connectivity index (χ0v) is 10.5. The summed E-state index contributed by atoms with van der Waals surface area (Å²) in [5.74, 6) is 0.493. The van der Waals surface area contributed by atoms with E-state index >= 15 is 0 Å². The number of hydrogen-bond donors (Lipinski definition) is 1. The van der Waals surface area contributed by atoms with Gasteiger partial charge in [-0.15, -0.1) is 0 Å². The maximum absolute atomic E-state index is 9.54. The molecule has 0 spiro atoms. The first kappa shape index (κ1) is 12.5. The molecule has 0 aromatic heterocycles. The lowest BCUT2D eigenvalue weighted by Gasteiger charge is -2.36. The van der Waals surface area contributed by atoms with Gasteiger partial charge in [0.25, 0.3) is 0 Å². The van der Waals surface area contributed by atoms with Crippen molar-refractivity contribution < 1.29 is 5.11 Å². The van der Waals surface area contributed by atoms with Crippen LogP contribution in [0.15, 0.2) is 23.8 Å². The maximum Gasteiger partial charge on any atom is 0.0718 e. The summed E-state index contributed by atoms with van der Waals surface area (Å²) >= 11 is 0. The highest BCUT2D eigenvalue weighted by atomic mass is 16.3. The Morgan fingerprint density at radius 1 is 1.60 bits per heavy atom. The van der Waals surface area contributed by atoms with Crippen molar-refractivity contribution in [1.29, 1.82) is 0 Å². The van der Waals surface area contributed by atoms with Gasteiger partial charge < -0.3 is 5.11 Å². The molecular formula is C14H24O. The minimum atomic E-state index is -0.282. The molecule has 1 aliphatic rings. The quantitative estimate of drug-likeness (QED) is 0.701. The van der Waals surface area contributed by atoms with Gasteiger partial charge in [0.15, 0.2) is 0 Å². The van der Waals surface area contributed by atoms with Crippen LogP contribution in [-0.4, -0.2) is 11.2 Å². The molecule has 0 radical (unpaired) electrons. The second-order valence-corrected chi connectivity index (χ2v) is 5.31. The number of rotatable bonds is 3. The van der Waals surface area contributed by atoms with Gasteiger partial charge in [-0.2, -0.15) is 0 Å². The Morgan fingerprint density at radius 2 is 2.27 bits per heavy atom. The topological polar surface area (TPSA) is 20.2 Å². The van der Waals surface area contributed by atoms with E-state index in [0.29, 0.717) is 11.3 Å². The highest BCUT2D eigenvalue weighted by molar-refractivity contribution is 5.19. The third-order valence-corrected chi connectivity index (χ3v) is 3.53. The van der Waals surface area contributed by atoms with E-state index < -0.39 is 0 Å². The lowest BCUT2D eigenvalue weighted by Crippen LogP contribution is -2.26. The molecule has 0 aromatic rings. The average molecular weight is 208 g/mol. The molecule has 1 nitrogen and oxygen atoms in total. The Bertz CT molecular complexity index is 261. The van der Waals surface area contributed by atoms with Crippen LogP contribution >= 0.6 is 0 Å². The first-order valence-corrected chi connectivity index (χ1v) is 6.00. The van der Waals surface area contributed by atoms with Crippen LogP contribution < -0.4 is 0 Å². The molecule has 1 aliphatic carbocycles. The SMILES string of the molecule is CCC(O)C=CC1C(C)=CCCC1(C)C. The summed E-state index contributed by atoms with van der Waals surface area (Å²) in [5.41, 5.74) is 1.79.